The maximum absolute atomic E-state index is 13.1. The van der Waals surface area contributed by atoms with Crippen LogP contribution in [0.5, 0.6) is 5.75 Å². The molecule has 1 aromatic carbocycles. The molecule has 0 radical (unpaired) electrons. The molecule has 19 heavy (non-hydrogen) atoms. The summed E-state index contributed by atoms with van der Waals surface area (Å²) in [6.45, 7) is 1.38. The van der Waals surface area contributed by atoms with E-state index in [1.165, 1.54) is 6.92 Å². The standard InChI is InChI=1S/C12H15F2NO4/c1-6(16)15-3-2-10(17)12(19)8-4-7(13)5-9(14)11(8)18/h4-5,10,12,17-19H,2-3H2,1H3,(H,15,16). The fourth-order valence-electron chi connectivity index (χ4n) is 1.57. The van der Waals surface area contributed by atoms with Gasteiger partial charge in [0.05, 0.1) is 6.10 Å². The fraction of sp³-hybridized carbons (Fsp3) is 0.417. The zero-order valence-electron chi connectivity index (χ0n) is 10.2. The third kappa shape index (κ3) is 4.15. The summed E-state index contributed by atoms with van der Waals surface area (Å²) in [7, 11) is 0. The summed E-state index contributed by atoms with van der Waals surface area (Å²) in [5.41, 5.74) is -0.437. The second-order valence-electron chi connectivity index (χ2n) is 4.11. The van der Waals surface area contributed by atoms with Gasteiger partial charge in [0.2, 0.25) is 5.91 Å². The lowest BCUT2D eigenvalue weighted by molar-refractivity contribution is -0.119. The number of halogens is 2. The Morgan fingerprint density at radius 2 is 2.00 bits per heavy atom. The van der Waals surface area contributed by atoms with Crippen molar-refractivity contribution < 1.29 is 28.9 Å². The fourth-order valence-corrected chi connectivity index (χ4v) is 1.57. The van der Waals surface area contributed by atoms with Crippen LogP contribution in [0.4, 0.5) is 8.78 Å². The number of carbonyl (C=O) groups excluding carboxylic acids is 1. The summed E-state index contributed by atoms with van der Waals surface area (Å²) >= 11 is 0. The van der Waals surface area contributed by atoms with E-state index in [1.54, 1.807) is 0 Å². The van der Waals surface area contributed by atoms with E-state index in [0.717, 1.165) is 6.07 Å². The lowest BCUT2D eigenvalue weighted by Crippen LogP contribution is -2.27. The molecule has 0 aliphatic rings. The Bertz CT molecular complexity index is 467. The Hall–Kier alpha value is -1.73. The van der Waals surface area contributed by atoms with E-state index in [0.29, 0.717) is 6.07 Å². The van der Waals surface area contributed by atoms with Crippen molar-refractivity contribution in [2.75, 3.05) is 6.54 Å². The molecule has 2 atom stereocenters. The van der Waals surface area contributed by atoms with Crippen molar-refractivity contribution in [1.82, 2.24) is 5.32 Å². The molecule has 0 saturated carbocycles. The minimum absolute atomic E-state index is 0.0294. The van der Waals surface area contributed by atoms with Crippen LogP contribution in [0, 0.1) is 11.6 Å². The molecule has 106 valence electrons. The molecule has 1 rings (SSSR count). The molecule has 0 aromatic heterocycles. The second-order valence-corrected chi connectivity index (χ2v) is 4.11. The van der Waals surface area contributed by atoms with Crippen LogP contribution in [-0.4, -0.2) is 33.9 Å². The van der Waals surface area contributed by atoms with Gasteiger partial charge in [-0.2, -0.15) is 0 Å². The predicted molar refractivity (Wildman–Crippen MR) is 62.3 cm³/mol. The van der Waals surface area contributed by atoms with Crippen LogP contribution in [0.15, 0.2) is 12.1 Å². The van der Waals surface area contributed by atoms with E-state index in [1.807, 2.05) is 0 Å². The molecule has 7 heteroatoms. The van der Waals surface area contributed by atoms with Gasteiger partial charge in [0.25, 0.3) is 0 Å². The molecule has 1 amide bonds. The first-order chi connectivity index (χ1) is 8.82. The number of aliphatic hydroxyl groups excluding tert-OH is 2. The number of rotatable bonds is 5. The lowest BCUT2D eigenvalue weighted by atomic mass is 10.0. The molecule has 0 fully saturated rings. The van der Waals surface area contributed by atoms with Gasteiger partial charge in [-0.3, -0.25) is 4.79 Å². The normalized spacial score (nSPS) is 13.9. The van der Waals surface area contributed by atoms with E-state index in [4.69, 9.17) is 0 Å². The number of aromatic hydroxyl groups is 1. The molecule has 0 spiro atoms. The average Bonchev–Trinajstić information content (AvgIpc) is 2.32. The Kier molecular flexibility index (Phi) is 5.20. The number of aliphatic hydroxyl groups is 2. The van der Waals surface area contributed by atoms with Crippen molar-refractivity contribution in [3.05, 3.63) is 29.3 Å². The highest BCUT2D eigenvalue weighted by Crippen LogP contribution is 2.30. The Morgan fingerprint density at radius 3 is 2.58 bits per heavy atom. The molecule has 5 nitrogen and oxygen atoms in total. The molecule has 4 N–H and O–H groups in total. The van der Waals surface area contributed by atoms with Crippen molar-refractivity contribution in [2.45, 2.75) is 25.6 Å². The number of nitrogens with one attached hydrogen (secondary N) is 1. The van der Waals surface area contributed by atoms with E-state index in [2.05, 4.69) is 5.32 Å². The summed E-state index contributed by atoms with van der Waals surface area (Å²) in [5.74, 6) is -3.41. The topological polar surface area (TPSA) is 89.8 Å². The summed E-state index contributed by atoms with van der Waals surface area (Å²) in [5, 5.41) is 31.1. The van der Waals surface area contributed by atoms with Gasteiger partial charge in [0.1, 0.15) is 11.9 Å². The van der Waals surface area contributed by atoms with E-state index in [9.17, 15) is 28.9 Å². The third-order valence-corrected chi connectivity index (χ3v) is 2.55. The quantitative estimate of drug-likeness (QED) is 0.633. The zero-order valence-corrected chi connectivity index (χ0v) is 10.2. The highest BCUT2D eigenvalue weighted by atomic mass is 19.1. The van der Waals surface area contributed by atoms with Gasteiger partial charge in [-0.15, -0.1) is 0 Å². The summed E-state index contributed by atoms with van der Waals surface area (Å²) in [6.07, 6.45) is -3.06. The smallest absolute Gasteiger partial charge is 0.216 e. The van der Waals surface area contributed by atoms with Crippen LogP contribution in [0.2, 0.25) is 0 Å². The second kappa shape index (κ2) is 6.44. The van der Waals surface area contributed by atoms with Crippen molar-refractivity contribution in [2.24, 2.45) is 0 Å². The van der Waals surface area contributed by atoms with Crippen LogP contribution >= 0.6 is 0 Å². The van der Waals surface area contributed by atoms with Gasteiger partial charge in [0.15, 0.2) is 11.6 Å². The maximum Gasteiger partial charge on any atom is 0.216 e. The highest BCUT2D eigenvalue weighted by molar-refractivity contribution is 5.72. The minimum Gasteiger partial charge on any atom is -0.505 e. The van der Waals surface area contributed by atoms with E-state index >= 15 is 0 Å². The van der Waals surface area contributed by atoms with Gasteiger partial charge in [-0.05, 0) is 12.5 Å². The molecule has 1 aromatic rings. The van der Waals surface area contributed by atoms with Gasteiger partial charge in [0, 0.05) is 25.1 Å². The number of hydrogen-bond acceptors (Lipinski definition) is 4. The first kappa shape index (κ1) is 15.3. The number of phenols is 1. The van der Waals surface area contributed by atoms with E-state index < -0.39 is 35.2 Å². The van der Waals surface area contributed by atoms with E-state index in [-0.39, 0.29) is 18.9 Å². The van der Waals surface area contributed by atoms with Crippen LogP contribution in [0.1, 0.15) is 25.0 Å². The number of carbonyl (C=O) groups is 1. The summed E-state index contributed by atoms with van der Waals surface area (Å²) < 4.78 is 26.1. The Morgan fingerprint density at radius 1 is 1.37 bits per heavy atom. The van der Waals surface area contributed by atoms with Crippen LogP contribution in [0.25, 0.3) is 0 Å². The molecule has 0 aliphatic heterocycles. The zero-order chi connectivity index (χ0) is 14.6. The van der Waals surface area contributed by atoms with Crippen molar-refractivity contribution in [3.8, 4) is 5.75 Å². The van der Waals surface area contributed by atoms with Gasteiger partial charge >= 0.3 is 0 Å². The number of hydrogen-bond donors (Lipinski definition) is 4. The summed E-state index contributed by atoms with van der Waals surface area (Å²) in [6, 6.07) is 1.21. The highest BCUT2D eigenvalue weighted by Gasteiger charge is 2.23. The number of benzene rings is 1. The Labute approximate surface area is 108 Å². The molecule has 0 bridgehead atoms. The number of amides is 1. The predicted octanol–water partition coefficient (Wildman–Crippen LogP) is 0.591. The van der Waals surface area contributed by atoms with Gasteiger partial charge in [-0.1, -0.05) is 0 Å². The summed E-state index contributed by atoms with van der Waals surface area (Å²) in [4.78, 5) is 10.6. The first-order valence-corrected chi connectivity index (χ1v) is 5.61. The van der Waals surface area contributed by atoms with Crippen molar-refractivity contribution >= 4 is 5.91 Å². The Balaban J connectivity index is 2.76. The number of phenolic OH excluding ortho intramolecular Hbond substituents is 1. The molecule has 0 saturated heterocycles. The first-order valence-electron chi connectivity index (χ1n) is 5.61. The molecule has 2 unspecified atom stereocenters. The van der Waals surface area contributed by atoms with Crippen LogP contribution < -0.4 is 5.32 Å². The SMILES string of the molecule is CC(=O)NCCC(O)C(O)c1cc(F)cc(F)c1O. The van der Waals surface area contributed by atoms with Gasteiger partial charge in [-0.25, -0.2) is 8.78 Å². The largest absolute Gasteiger partial charge is 0.505 e. The van der Waals surface area contributed by atoms with Gasteiger partial charge < -0.3 is 20.6 Å². The average molecular weight is 275 g/mol. The molecule has 0 aliphatic carbocycles. The maximum atomic E-state index is 13.1. The van der Waals surface area contributed by atoms with Crippen LogP contribution in [-0.2, 0) is 4.79 Å². The lowest BCUT2D eigenvalue weighted by Gasteiger charge is -2.19. The molecular weight excluding hydrogens is 260 g/mol. The van der Waals surface area contributed by atoms with Crippen molar-refractivity contribution in [1.29, 1.82) is 0 Å². The third-order valence-electron chi connectivity index (χ3n) is 2.55. The van der Waals surface area contributed by atoms with Crippen LogP contribution in [0.3, 0.4) is 0 Å². The van der Waals surface area contributed by atoms with Crippen molar-refractivity contribution in [3.63, 3.8) is 0 Å². The minimum atomic E-state index is -1.65. The molecular formula is C12H15F2NO4. The monoisotopic (exact) mass is 275 g/mol. The molecule has 0 heterocycles.